The van der Waals surface area contributed by atoms with Gasteiger partial charge in [0.15, 0.2) is 0 Å². The smallest absolute Gasteiger partial charge is 0.423 e. The number of hydrogen-bond acceptors (Lipinski definition) is 9. The Morgan fingerprint density at radius 3 is 2.38 bits per heavy atom. The van der Waals surface area contributed by atoms with Crippen molar-refractivity contribution >= 4 is 27.6 Å². The van der Waals surface area contributed by atoms with Gasteiger partial charge in [-0.3, -0.25) is 9.78 Å². The van der Waals surface area contributed by atoms with E-state index < -0.39 is 56.6 Å². The summed E-state index contributed by atoms with van der Waals surface area (Å²) in [5.41, 5.74) is 0.918. The van der Waals surface area contributed by atoms with Crippen molar-refractivity contribution in [3.63, 3.8) is 0 Å². The highest BCUT2D eigenvalue weighted by molar-refractivity contribution is 7.92. The van der Waals surface area contributed by atoms with Crippen LogP contribution in [0.5, 0.6) is 5.88 Å². The van der Waals surface area contributed by atoms with E-state index >= 15 is 13.2 Å². The van der Waals surface area contributed by atoms with Crippen molar-refractivity contribution in [1.82, 2.24) is 19.9 Å². The van der Waals surface area contributed by atoms with Crippen molar-refractivity contribution in [3.05, 3.63) is 88.7 Å². The summed E-state index contributed by atoms with van der Waals surface area (Å²) in [7, 11) is -4.52. The summed E-state index contributed by atoms with van der Waals surface area (Å²) in [4.78, 5) is 31.2. The van der Waals surface area contributed by atoms with Gasteiger partial charge in [0.1, 0.15) is 12.2 Å². The number of alkyl halides is 3. The Balaban J connectivity index is 1.37. The molecule has 7 rings (SSSR count). The monoisotopic (exact) mass is 820 g/mol. The number of hydrogen-bond donors (Lipinski definition) is 1. The molecule has 0 radical (unpaired) electrons. The molecule has 1 saturated carbocycles. The lowest BCUT2D eigenvalue weighted by Gasteiger charge is -2.36. The Hall–Kier alpha value is -4.76. The molecule has 1 aliphatic carbocycles. The molecule has 1 N–H and O–H groups in total. The quantitative estimate of drug-likeness (QED) is 0.195. The van der Waals surface area contributed by atoms with Gasteiger partial charge in [-0.15, -0.1) is 0 Å². The van der Waals surface area contributed by atoms with Gasteiger partial charge in [-0.05, 0) is 72.6 Å². The Kier molecular flexibility index (Phi) is 12.0. The molecule has 58 heavy (non-hydrogen) atoms. The fraction of sp³-hybridized carbons (Fsp3) is 0.488. The molecule has 4 bridgehead atoms. The Labute approximate surface area is 338 Å². The number of aromatic nitrogens is 3. The van der Waals surface area contributed by atoms with E-state index in [0.29, 0.717) is 61.9 Å². The molecule has 4 aromatic rings. The number of nitrogens with one attached hydrogen (secondary N) is 1. The molecule has 1 atom stereocenters. The van der Waals surface area contributed by atoms with Gasteiger partial charge in [0.25, 0.3) is 15.9 Å². The molecule has 4 heterocycles. The SMILES string of the molecule is Cc1cccc(CC2CCCCC2)c1-c1nc2nc(c1C(F)(F)F)OC[C@@H](CC(C)(C)C)N(Cc1ccc(N3CCOCC3)cn1)C(=O)c1cccc(c1)S(=O)(=O)N2. The maximum atomic E-state index is 15.6. The minimum atomic E-state index is -5.01. The highest BCUT2D eigenvalue weighted by Gasteiger charge is 2.42. The number of sulfonamides is 1. The number of fused-ring (bicyclic) bond motifs is 4. The van der Waals surface area contributed by atoms with Crippen LogP contribution in [0.15, 0.2) is 65.7 Å². The number of halogens is 3. The van der Waals surface area contributed by atoms with E-state index in [0.717, 1.165) is 37.8 Å². The standard InChI is InChI=1S/C43H51F3N6O5S/c1-28-10-8-13-30(22-29-11-6-5-7-12-29)36(28)38-37(43(44,45)46)39-49-41(48-38)50-58(54,55)35-15-9-14-31(23-35)40(53)52(34(27-57-39)24-42(2,3)4)26-32-16-17-33(25-47-32)51-18-20-56-21-19-51/h8-10,13-17,23,25,29,34H,5-7,11-12,18-22,24,26-27H2,1-4H3,(H,48,49,50)/t34-/m1/s1. The van der Waals surface area contributed by atoms with Gasteiger partial charge >= 0.3 is 6.18 Å². The van der Waals surface area contributed by atoms with Crippen molar-refractivity contribution in [1.29, 1.82) is 0 Å². The van der Waals surface area contributed by atoms with Crippen molar-refractivity contribution in [3.8, 4) is 17.1 Å². The molecule has 310 valence electrons. The van der Waals surface area contributed by atoms with Gasteiger partial charge in [0.05, 0.1) is 54.0 Å². The van der Waals surface area contributed by atoms with E-state index in [9.17, 15) is 13.2 Å². The van der Waals surface area contributed by atoms with Gasteiger partial charge in [-0.2, -0.15) is 18.2 Å². The first-order valence-corrected chi connectivity index (χ1v) is 21.5. The number of aryl methyl sites for hydroxylation is 1. The van der Waals surface area contributed by atoms with Crippen LogP contribution in [0.2, 0.25) is 0 Å². The van der Waals surface area contributed by atoms with Crippen LogP contribution in [0.3, 0.4) is 0 Å². The third-order valence-electron chi connectivity index (χ3n) is 11.1. The Bertz CT molecular complexity index is 2220. The number of pyridine rings is 1. The minimum absolute atomic E-state index is 0.0261. The summed E-state index contributed by atoms with van der Waals surface area (Å²) in [6.45, 7) is 9.84. The number of carbonyl (C=O) groups is 1. The van der Waals surface area contributed by atoms with Gasteiger partial charge in [-0.25, -0.2) is 18.1 Å². The Morgan fingerprint density at radius 1 is 0.948 bits per heavy atom. The summed E-state index contributed by atoms with van der Waals surface area (Å²) in [6.07, 6.45) is 2.78. The largest absolute Gasteiger partial charge is 0.475 e. The second-order valence-corrected chi connectivity index (χ2v) is 18.5. The number of benzene rings is 2. The first-order chi connectivity index (χ1) is 27.6. The van der Waals surface area contributed by atoms with Gasteiger partial charge < -0.3 is 19.3 Å². The number of rotatable bonds is 7. The zero-order chi connectivity index (χ0) is 41.2. The highest BCUT2D eigenvalue weighted by atomic mass is 32.2. The average Bonchev–Trinajstić information content (AvgIpc) is 3.18. The second-order valence-electron chi connectivity index (χ2n) is 16.8. The van der Waals surface area contributed by atoms with E-state index in [1.807, 2.05) is 45.0 Å². The lowest BCUT2D eigenvalue weighted by Crippen LogP contribution is -2.45. The van der Waals surface area contributed by atoms with E-state index in [4.69, 9.17) is 9.47 Å². The Morgan fingerprint density at radius 2 is 1.69 bits per heavy atom. The lowest BCUT2D eigenvalue weighted by molar-refractivity contribution is -0.139. The number of nitrogens with zero attached hydrogens (tertiary/aromatic N) is 5. The third-order valence-corrected chi connectivity index (χ3v) is 12.4. The van der Waals surface area contributed by atoms with Gasteiger partial charge in [0, 0.05) is 24.2 Å². The van der Waals surface area contributed by atoms with Crippen molar-refractivity contribution in [2.75, 3.05) is 42.5 Å². The van der Waals surface area contributed by atoms with Crippen LogP contribution in [0.1, 0.15) is 92.0 Å². The number of anilines is 2. The summed E-state index contributed by atoms with van der Waals surface area (Å²) in [5, 5.41) is 0. The molecular weight excluding hydrogens is 770 g/mol. The van der Waals surface area contributed by atoms with Gasteiger partial charge in [-0.1, -0.05) is 77.1 Å². The van der Waals surface area contributed by atoms with Crippen LogP contribution in [0, 0.1) is 18.3 Å². The molecule has 1 amide bonds. The maximum Gasteiger partial charge on any atom is 0.423 e. The van der Waals surface area contributed by atoms with Crippen LogP contribution in [-0.2, 0) is 33.9 Å². The number of carbonyl (C=O) groups excluding carboxylic acids is 1. The van der Waals surface area contributed by atoms with Gasteiger partial charge in [0.2, 0.25) is 11.8 Å². The fourth-order valence-electron chi connectivity index (χ4n) is 8.31. The van der Waals surface area contributed by atoms with Crippen LogP contribution in [0.25, 0.3) is 11.3 Å². The topological polar surface area (TPSA) is 127 Å². The normalized spacial score (nSPS) is 19.4. The number of morpholine rings is 1. The highest BCUT2D eigenvalue weighted by Crippen LogP contribution is 2.45. The first kappa shape index (κ1) is 41.4. The molecule has 0 unspecified atom stereocenters. The molecule has 2 aliphatic heterocycles. The summed E-state index contributed by atoms with van der Waals surface area (Å²) >= 11 is 0. The minimum Gasteiger partial charge on any atom is -0.475 e. The zero-order valence-electron chi connectivity index (χ0n) is 33.4. The molecule has 0 spiro atoms. The van der Waals surface area contributed by atoms with E-state index in [1.165, 1.54) is 29.2 Å². The van der Waals surface area contributed by atoms with Crippen LogP contribution < -0.4 is 14.4 Å². The van der Waals surface area contributed by atoms with Crippen molar-refractivity contribution in [2.45, 2.75) is 96.3 Å². The van der Waals surface area contributed by atoms with Crippen molar-refractivity contribution < 1.29 is 35.9 Å². The summed E-state index contributed by atoms with van der Waals surface area (Å²) in [5.74, 6) is -1.64. The van der Waals surface area contributed by atoms with Crippen LogP contribution >= 0.6 is 0 Å². The molecule has 1 saturated heterocycles. The fourth-order valence-corrected chi connectivity index (χ4v) is 9.30. The molecular formula is C43H51F3N6O5S. The summed E-state index contributed by atoms with van der Waals surface area (Å²) in [6, 6.07) is 13.8. The van der Waals surface area contributed by atoms with E-state index in [1.54, 1.807) is 19.2 Å². The molecule has 2 aromatic carbocycles. The van der Waals surface area contributed by atoms with Crippen LogP contribution in [0.4, 0.5) is 24.8 Å². The number of amides is 1. The lowest BCUT2D eigenvalue weighted by atomic mass is 9.82. The summed E-state index contributed by atoms with van der Waals surface area (Å²) < 4.78 is 88.7. The maximum absolute atomic E-state index is 15.6. The average molecular weight is 821 g/mol. The predicted octanol–water partition coefficient (Wildman–Crippen LogP) is 8.47. The number of ether oxygens (including phenoxy) is 2. The van der Waals surface area contributed by atoms with E-state index in [2.05, 4.69) is 24.6 Å². The second kappa shape index (κ2) is 16.8. The first-order valence-electron chi connectivity index (χ1n) is 20.0. The zero-order valence-corrected chi connectivity index (χ0v) is 34.3. The molecule has 11 nitrogen and oxygen atoms in total. The van der Waals surface area contributed by atoms with E-state index in [-0.39, 0.29) is 29.2 Å². The van der Waals surface area contributed by atoms with Crippen molar-refractivity contribution in [2.24, 2.45) is 11.3 Å². The van der Waals surface area contributed by atoms with Crippen LogP contribution in [-0.4, -0.2) is 73.1 Å². The third kappa shape index (κ3) is 9.57. The predicted molar refractivity (Wildman–Crippen MR) is 215 cm³/mol. The molecule has 2 aromatic heterocycles. The molecule has 3 aliphatic rings. The molecule has 15 heteroatoms. The molecule has 2 fully saturated rings.